The number of thiophene rings is 1. The van der Waals surface area contributed by atoms with Gasteiger partial charge in [0.2, 0.25) is 0 Å². The van der Waals surface area contributed by atoms with Crippen molar-refractivity contribution in [1.29, 1.82) is 0 Å². The first-order chi connectivity index (χ1) is 9.58. The second-order valence-electron chi connectivity index (χ2n) is 4.90. The summed E-state index contributed by atoms with van der Waals surface area (Å²) in [6.07, 6.45) is 1.53. The van der Waals surface area contributed by atoms with Crippen molar-refractivity contribution in [3.8, 4) is 0 Å². The number of hydrogen-bond acceptors (Lipinski definition) is 4. The Labute approximate surface area is 122 Å². The number of nitrogens with zero attached hydrogens (tertiary/aromatic N) is 1. The zero-order valence-electron chi connectivity index (χ0n) is 11.5. The zero-order valence-corrected chi connectivity index (χ0v) is 12.3. The molecule has 2 heterocycles. The first kappa shape index (κ1) is 15.0. The van der Waals surface area contributed by atoms with Crippen LogP contribution in [0.3, 0.4) is 0 Å². The van der Waals surface area contributed by atoms with Crippen molar-refractivity contribution in [2.75, 3.05) is 19.8 Å². The molecule has 0 spiro atoms. The highest BCUT2D eigenvalue weighted by Gasteiger charge is 2.27. The van der Waals surface area contributed by atoms with Gasteiger partial charge in [0.25, 0.3) is 5.91 Å². The van der Waals surface area contributed by atoms with Gasteiger partial charge in [-0.1, -0.05) is 0 Å². The third kappa shape index (κ3) is 3.80. The number of aryl methyl sites for hydroxylation is 1. The molecule has 0 atom stereocenters. The van der Waals surface area contributed by atoms with Crippen molar-refractivity contribution < 1.29 is 19.4 Å². The minimum Gasteiger partial charge on any atom is -0.481 e. The monoisotopic (exact) mass is 297 g/mol. The van der Waals surface area contributed by atoms with Gasteiger partial charge in [0.1, 0.15) is 0 Å². The maximum Gasteiger partial charge on any atom is 0.305 e. The molecule has 110 valence electrons. The smallest absolute Gasteiger partial charge is 0.305 e. The van der Waals surface area contributed by atoms with Crippen LogP contribution in [0.15, 0.2) is 12.1 Å². The van der Waals surface area contributed by atoms with Crippen LogP contribution in [0.5, 0.6) is 0 Å². The van der Waals surface area contributed by atoms with E-state index >= 15 is 0 Å². The fraction of sp³-hybridized carbons (Fsp3) is 0.571. The summed E-state index contributed by atoms with van der Waals surface area (Å²) >= 11 is 1.45. The average Bonchev–Trinajstić information content (AvgIpc) is 2.86. The number of amides is 1. The van der Waals surface area contributed by atoms with E-state index in [9.17, 15) is 9.59 Å². The van der Waals surface area contributed by atoms with Crippen LogP contribution in [0.25, 0.3) is 0 Å². The highest BCUT2D eigenvalue weighted by atomic mass is 32.1. The first-order valence-electron chi connectivity index (χ1n) is 6.75. The van der Waals surface area contributed by atoms with E-state index in [1.54, 1.807) is 4.90 Å². The summed E-state index contributed by atoms with van der Waals surface area (Å²) in [7, 11) is 0. The van der Waals surface area contributed by atoms with E-state index in [4.69, 9.17) is 9.84 Å². The van der Waals surface area contributed by atoms with E-state index in [2.05, 4.69) is 0 Å². The molecule has 0 radical (unpaired) electrons. The lowest BCUT2D eigenvalue weighted by atomic mass is 10.1. The molecular weight excluding hydrogens is 278 g/mol. The molecule has 1 aromatic heterocycles. The van der Waals surface area contributed by atoms with Crippen molar-refractivity contribution >= 4 is 23.2 Å². The molecule has 0 aliphatic carbocycles. The number of aliphatic carboxylic acids is 1. The van der Waals surface area contributed by atoms with Gasteiger partial charge in [0, 0.05) is 30.7 Å². The van der Waals surface area contributed by atoms with Crippen molar-refractivity contribution in [3.63, 3.8) is 0 Å². The van der Waals surface area contributed by atoms with E-state index in [-0.39, 0.29) is 24.9 Å². The van der Waals surface area contributed by atoms with E-state index in [1.807, 2.05) is 19.1 Å². The Kier molecular flexibility index (Phi) is 5.14. The summed E-state index contributed by atoms with van der Waals surface area (Å²) in [5.41, 5.74) is 0. The predicted octanol–water partition coefficient (Wildman–Crippen LogP) is 2.15. The summed E-state index contributed by atoms with van der Waals surface area (Å²) < 4.78 is 5.31. The summed E-state index contributed by atoms with van der Waals surface area (Å²) in [6.45, 7) is 3.48. The molecule has 1 aliphatic rings. The van der Waals surface area contributed by atoms with Crippen LogP contribution in [0.4, 0.5) is 0 Å². The fourth-order valence-electron chi connectivity index (χ4n) is 2.35. The van der Waals surface area contributed by atoms with Gasteiger partial charge in [-0.3, -0.25) is 9.59 Å². The van der Waals surface area contributed by atoms with Gasteiger partial charge in [-0.2, -0.15) is 0 Å². The van der Waals surface area contributed by atoms with Gasteiger partial charge in [-0.15, -0.1) is 11.3 Å². The standard InChI is InChI=1S/C14H19NO4S/c1-10-2-3-12(20-10)14(18)15(7-4-13(16)17)11-5-8-19-9-6-11/h2-3,11H,4-9H2,1H3,(H,16,17). The quantitative estimate of drug-likeness (QED) is 0.904. The van der Waals surface area contributed by atoms with Crippen molar-refractivity contribution in [2.24, 2.45) is 0 Å². The molecule has 2 rings (SSSR count). The lowest BCUT2D eigenvalue weighted by Gasteiger charge is -2.33. The van der Waals surface area contributed by atoms with E-state index in [0.29, 0.717) is 18.1 Å². The van der Waals surface area contributed by atoms with Crippen LogP contribution in [-0.4, -0.2) is 47.7 Å². The Bertz CT molecular complexity index is 479. The molecule has 1 saturated heterocycles. The fourth-order valence-corrected chi connectivity index (χ4v) is 3.18. The highest BCUT2D eigenvalue weighted by Crippen LogP contribution is 2.22. The van der Waals surface area contributed by atoms with Crippen LogP contribution in [0.2, 0.25) is 0 Å². The Morgan fingerprint density at radius 2 is 2.10 bits per heavy atom. The second kappa shape index (κ2) is 6.85. The third-order valence-electron chi connectivity index (χ3n) is 3.41. The lowest BCUT2D eigenvalue weighted by Crippen LogP contribution is -2.44. The molecule has 0 bridgehead atoms. The van der Waals surface area contributed by atoms with E-state index in [1.165, 1.54) is 11.3 Å². The molecule has 1 amide bonds. The van der Waals surface area contributed by atoms with Crippen LogP contribution >= 0.6 is 11.3 Å². The van der Waals surface area contributed by atoms with Gasteiger partial charge in [0.05, 0.1) is 11.3 Å². The molecule has 1 fully saturated rings. The van der Waals surface area contributed by atoms with Gasteiger partial charge in [-0.05, 0) is 31.9 Å². The third-order valence-corrected chi connectivity index (χ3v) is 4.40. The maximum atomic E-state index is 12.6. The molecule has 1 aliphatic heterocycles. The SMILES string of the molecule is Cc1ccc(C(=O)N(CCC(=O)O)C2CCOCC2)s1. The number of carboxylic acid groups (broad SMARTS) is 1. The lowest BCUT2D eigenvalue weighted by molar-refractivity contribution is -0.137. The molecule has 1 aromatic rings. The number of hydrogen-bond donors (Lipinski definition) is 1. The van der Waals surface area contributed by atoms with Crippen LogP contribution < -0.4 is 0 Å². The number of ether oxygens (including phenoxy) is 1. The Hall–Kier alpha value is -1.40. The largest absolute Gasteiger partial charge is 0.481 e. The Balaban J connectivity index is 2.11. The summed E-state index contributed by atoms with van der Waals surface area (Å²) in [4.78, 5) is 26.8. The Morgan fingerprint density at radius 3 is 2.65 bits per heavy atom. The number of carboxylic acids is 1. The van der Waals surface area contributed by atoms with Crippen molar-refractivity contribution in [1.82, 2.24) is 4.90 Å². The molecule has 5 nitrogen and oxygen atoms in total. The maximum absolute atomic E-state index is 12.6. The molecular formula is C14H19NO4S. The number of carbonyl (C=O) groups excluding carboxylic acids is 1. The molecule has 0 aromatic carbocycles. The Morgan fingerprint density at radius 1 is 1.40 bits per heavy atom. The van der Waals surface area contributed by atoms with Gasteiger partial charge < -0.3 is 14.7 Å². The van der Waals surface area contributed by atoms with Crippen molar-refractivity contribution in [2.45, 2.75) is 32.2 Å². The average molecular weight is 297 g/mol. The summed E-state index contributed by atoms with van der Waals surface area (Å²) in [5.74, 6) is -0.937. The number of carbonyl (C=O) groups is 2. The van der Waals surface area contributed by atoms with Gasteiger partial charge in [-0.25, -0.2) is 0 Å². The zero-order chi connectivity index (χ0) is 14.5. The van der Waals surface area contributed by atoms with E-state index < -0.39 is 5.97 Å². The minimum absolute atomic E-state index is 0.0204. The second-order valence-corrected chi connectivity index (χ2v) is 6.18. The van der Waals surface area contributed by atoms with Gasteiger partial charge >= 0.3 is 5.97 Å². The number of rotatable bonds is 5. The van der Waals surface area contributed by atoms with Crippen LogP contribution in [-0.2, 0) is 9.53 Å². The predicted molar refractivity (Wildman–Crippen MR) is 76.2 cm³/mol. The van der Waals surface area contributed by atoms with E-state index in [0.717, 1.165) is 17.7 Å². The summed E-state index contributed by atoms with van der Waals surface area (Å²) in [6, 6.07) is 3.81. The molecule has 6 heteroatoms. The van der Waals surface area contributed by atoms with Crippen LogP contribution in [0.1, 0.15) is 33.8 Å². The summed E-state index contributed by atoms with van der Waals surface area (Å²) in [5, 5.41) is 8.86. The molecule has 20 heavy (non-hydrogen) atoms. The van der Waals surface area contributed by atoms with Crippen LogP contribution in [0, 0.1) is 6.92 Å². The highest BCUT2D eigenvalue weighted by molar-refractivity contribution is 7.13. The molecule has 1 N–H and O–H groups in total. The normalized spacial score (nSPS) is 16.1. The minimum atomic E-state index is -0.878. The topological polar surface area (TPSA) is 66.8 Å². The first-order valence-corrected chi connectivity index (χ1v) is 7.56. The molecule has 0 saturated carbocycles. The molecule has 0 unspecified atom stereocenters. The van der Waals surface area contributed by atoms with Gasteiger partial charge in [0.15, 0.2) is 0 Å². The van der Waals surface area contributed by atoms with Crippen molar-refractivity contribution in [3.05, 3.63) is 21.9 Å².